The molecule has 0 aliphatic carbocycles. The molecule has 1 aliphatic heterocycles. The molecule has 2 N–H and O–H groups in total. The minimum Gasteiger partial charge on any atom is -0.492 e. The van der Waals surface area contributed by atoms with Gasteiger partial charge in [-0.3, -0.25) is 14.6 Å². The summed E-state index contributed by atoms with van der Waals surface area (Å²) in [6.07, 6.45) is 3.75. The van der Waals surface area contributed by atoms with Gasteiger partial charge in [0, 0.05) is 23.8 Å². The van der Waals surface area contributed by atoms with Crippen molar-refractivity contribution in [2.45, 2.75) is 6.42 Å². The zero-order valence-corrected chi connectivity index (χ0v) is 15.1. The van der Waals surface area contributed by atoms with E-state index >= 15 is 0 Å². The van der Waals surface area contributed by atoms with E-state index in [0.29, 0.717) is 30.0 Å². The van der Waals surface area contributed by atoms with Gasteiger partial charge in [-0.05, 0) is 48.4 Å². The summed E-state index contributed by atoms with van der Waals surface area (Å²) in [7, 11) is 0. The summed E-state index contributed by atoms with van der Waals surface area (Å²) < 4.78 is 5.70. The van der Waals surface area contributed by atoms with Gasteiger partial charge in [0.05, 0.1) is 11.5 Å². The number of aromatic nitrogens is 1. The van der Waals surface area contributed by atoms with Crippen molar-refractivity contribution in [3.05, 3.63) is 84.2 Å². The summed E-state index contributed by atoms with van der Waals surface area (Å²) in [5, 5.41) is 5.72. The maximum atomic E-state index is 12.6. The number of nitrogens with zero attached hydrogens (tertiary/aromatic N) is 1. The predicted octanol–water partition coefficient (Wildman–Crippen LogP) is 3.52. The molecule has 1 atom stereocenters. The second-order valence-electron chi connectivity index (χ2n) is 6.59. The summed E-state index contributed by atoms with van der Waals surface area (Å²) in [6, 6.07) is 18.2. The summed E-state index contributed by atoms with van der Waals surface area (Å²) in [4.78, 5) is 28.8. The third-order valence-electron chi connectivity index (χ3n) is 4.56. The van der Waals surface area contributed by atoms with Gasteiger partial charge in [0.15, 0.2) is 0 Å². The van der Waals surface area contributed by atoms with E-state index in [1.54, 1.807) is 42.6 Å². The molecule has 2 heterocycles. The number of carbonyl (C=O) groups excluding carboxylic acids is 2. The maximum Gasteiger partial charge on any atom is 0.257 e. The number of carbonyl (C=O) groups is 2. The highest BCUT2D eigenvalue weighted by molar-refractivity contribution is 6.04. The van der Waals surface area contributed by atoms with Crippen LogP contribution in [0.15, 0.2) is 73.1 Å². The number of nitrogens with one attached hydrogen (secondary N) is 2. The number of pyridine rings is 1. The van der Waals surface area contributed by atoms with Crippen LogP contribution < -0.4 is 15.4 Å². The molecule has 0 saturated carbocycles. The molecule has 0 saturated heterocycles. The van der Waals surface area contributed by atoms with Gasteiger partial charge >= 0.3 is 0 Å². The van der Waals surface area contributed by atoms with Crippen LogP contribution in [0.3, 0.4) is 0 Å². The Balaban J connectivity index is 1.41. The van der Waals surface area contributed by atoms with Gasteiger partial charge in [0.1, 0.15) is 12.4 Å². The molecule has 28 heavy (non-hydrogen) atoms. The molecule has 2 aromatic carbocycles. The van der Waals surface area contributed by atoms with Crippen LogP contribution >= 0.6 is 0 Å². The largest absolute Gasteiger partial charge is 0.492 e. The number of benzene rings is 2. The van der Waals surface area contributed by atoms with Crippen LogP contribution in [0, 0.1) is 5.92 Å². The molecule has 0 fully saturated rings. The lowest BCUT2D eigenvalue weighted by molar-refractivity contribution is -0.121. The normalized spacial score (nSPS) is 15.1. The van der Waals surface area contributed by atoms with Gasteiger partial charge < -0.3 is 15.4 Å². The molecule has 4 rings (SSSR count). The fraction of sp³-hybridized carbons (Fsp3) is 0.136. The number of para-hydroxylation sites is 1. The van der Waals surface area contributed by atoms with Crippen LogP contribution in [-0.2, 0) is 11.2 Å². The topological polar surface area (TPSA) is 80.3 Å². The summed E-state index contributed by atoms with van der Waals surface area (Å²) in [5.74, 6) is 0.217. The highest BCUT2D eigenvalue weighted by atomic mass is 16.5. The molecule has 140 valence electrons. The van der Waals surface area contributed by atoms with Crippen molar-refractivity contribution in [1.29, 1.82) is 0 Å². The molecule has 0 bridgehead atoms. The Morgan fingerprint density at radius 3 is 2.61 bits per heavy atom. The van der Waals surface area contributed by atoms with Crippen LogP contribution in [-0.4, -0.2) is 23.4 Å². The Morgan fingerprint density at radius 2 is 1.79 bits per heavy atom. The Bertz CT molecular complexity index is 1000. The smallest absolute Gasteiger partial charge is 0.257 e. The van der Waals surface area contributed by atoms with Crippen LogP contribution in [0.4, 0.5) is 11.4 Å². The first-order valence-electron chi connectivity index (χ1n) is 9.02. The van der Waals surface area contributed by atoms with E-state index < -0.39 is 0 Å². The maximum absolute atomic E-state index is 12.6. The molecule has 3 aromatic rings. The number of anilines is 2. The van der Waals surface area contributed by atoms with E-state index in [-0.39, 0.29) is 17.7 Å². The molecule has 1 aromatic heterocycles. The Hall–Kier alpha value is -3.67. The summed E-state index contributed by atoms with van der Waals surface area (Å²) in [6.45, 7) is 0.348. The van der Waals surface area contributed by atoms with E-state index in [9.17, 15) is 9.59 Å². The van der Waals surface area contributed by atoms with Crippen molar-refractivity contribution in [2.24, 2.45) is 5.92 Å². The molecular weight excluding hydrogens is 354 g/mol. The molecule has 1 unspecified atom stereocenters. The fourth-order valence-corrected chi connectivity index (χ4v) is 3.12. The molecule has 6 nitrogen and oxygen atoms in total. The van der Waals surface area contributed by atoms with E-state index in [2.05, 4.69) is 15.6 Å². The first-order valence-corrected chi connectivity index (χ1v) is 9.02. The van der Waals surface area contributed by atoms with Crippen molar-refractivity contribution in [1.82, 2.24) is 4.98 Å². The predicted molar refractivity (Wildman–Crippen MR) is 106 cm³/mol. The van der Waals surface area contributed by atoms with E-state index in [1.807, 2.05) is 24.3 Å². The Labute approximate surface area is 162 Å². The minimum absolute atomic E-state index is 0.106. The lowest BCUT2D eigenvalue weighted by Crippen LogP contribution is -2.32. The van der Waals surface area contributed by atoms with Crippen molar-refractivity contribution < 1.29 is 14.3 Å². The first-order chi connectivity index (χ1) is 13.7. The van der Waals surface area contributed by atoms with E-state index in [1.165, 1.54) is 6.20 Å². The van der Waals surface area contributed by atoms with Crippen LogP contribution in [0.5, 0.6) is 5.75 Å². The number of amides is 2. The average Bonchev–Trinajstić information content (AvgIpc) is 2.74. The SMILES string of the molecule is O=C(Nc1cccc(NC(=O)C2COc3ccccc3C2)c1)c1cccnc1. The van der Waals surface area contributed by atoms with Gasteiger partial charge in [-0.2, -0.15) is 0 Å². The third-order valence-corrected chi connectivity index (χ3v) is 4.56. The van der Waals surface area contributed by atoms with E-state index in [0.717, 1.165) is 11.3 Å². The monoisotopic (exact) mass is 373 g/mol. The van der Waals surface area contributed by atoms with Crippen molar-refractivity contribution in [3.8, 4) is 5.75 Å². The molecule has 6 heteroatoms. The lowest BCUT2D eigenvalue weighted by atomic mass is 9.96. The van der Waals surface area contributed by atoms with Gasteiger partial charge in [0.25, 0.3) is 5.91 Å². The highest BCUT2D eigenvalue weighted by Crippen LogP contribution is 2.27. The standard InChI is InChI=1S/C22H19N3O3/c26-21(16-6-4-10-23-13-16)24-18-7-3-8-19(12-18)25-22(27)17-11-15-5-1-2-9-20(15)28-14-17/h1-10,12-13,17H,11,14H2,(H,24,26)(H,25,27). The second kappa shape index (κ2) is 7.92. The molecular formula is C22H19N3O3. The minimum atomic E-state index is -0.261. The highest BCUT2D eigenvalue weighted by Gasteiger charge is 2.25. The average molecular weight is 373 g/mol. The number of hydrogen-bond acceptors (Lipinski definition) is 4. The van der Waals surface area contributed by atoms with Crippen molar-refractivity contribution >= 4 is 23.2 Å². The molecule has 0 spiro atoms. The Kier molecular flexibility index (Phi) is 5.01. The quantitative estimate of drug-likeness (QED) is 0.733. The van der Waals surface area contributed by atoms with Crippen molar-refractivity contribution in [2.75, 3.05) is 17.2 Å². The summed E-state index contributed by atoms with van der Waals surface area (Å²) in [5.41, 5.74) is 2.71. The van der Waals surface area contributed by atoms with Gasteiger partial charge in [0.2, 0.25) is 5.91 Å². The van der Waals surface area contributed by atoms with E-state index in [4.69, 9.17) is 4.74 Å². The van der Waals surface area contributed by atoms with Crippen LogP contribution in [0.1, 0.15) is 15.9 Å². The summed E-state index contributed by atoms with van der Waals surface area (Å²) >= 11 is 0. The zero-order valence-electron chi connectivity index (χ0n) is 15.1. The van der Waals surface area contributed by atoms with Crippen molar-refractivity contribution in [3.63, 3.8) is 0 Å². The fourth-order valence-electron chi connectivity index (χ4n) is 3.12. The van der Waals surface area contributed by atoms with Crippen LogP contribution in [0.25, 0.3) is 0 Å². The third kappa shape index (κ3) is 4.01. The molecule has 2 amide bonds. The molecule has 1 aliphatic rings. The van der Waals surface area contributed by atoms with Gasteiger partial charge in [-0.1, -0.05) is 24.3 Å². The second-order valence-corrected chi connectivity index (χ2v) is 6.59. The van der Waals surface area contributed by atoms with Crippen LogP contribution in [0.2, 0.25) is 0 Å². The Morgan fingerprint density at radius 1 is 0.964 bits per heavy atom. The van der Waals surface area contributed by atoms with Gasteiger partial charge in [-0.15, -0.1) is 0 Å². The zero-order chi connectivity index (χ0) is 19.3. The molecule has 0 radical (unpaired) electrons. The number of fused-ring (bicyclic) bond motifs is 1. The number of hydrogen-bond donors (Lipinski definition) is 2. The lowest BCUT2D eigenvalue weighted by Gasteiger charge is -2.24. The van der Waals surface area contributed by atoms with Gasteiger partial charge in [-0.25, -0.2) is 0 Å². The number of rotatable bonds is 4. The first kappa shape index (κ1) is 17.7. The number of ether oxygens (including phenoxy) is 1.